The first-order valence-electron chi connectivity index (χ1n) is 6.59. The van der Waals surface area contributed by atoms with E-state index in [-0.39, 0.29) is 6.04 Å². The van der Waals surface area contributed by atoms with Crippen molar-refractivity contribution in [2.45, 2.75) is 40.2 Å². The maximum atomic E-state index is 5.69. The van der Waals surface area contributed by atoms with E-state index in [1.54, 1.807) is 0 Å². The summed E-state index contributed by atoms with van der Waals surface area (Å²) in [5, 5.41) is 3.63. The smallest absolute Gasteiger partial charge is 0.106 e. The minimum absolute atomic E-state index is 0.213. The van der Waals surface area contributed by atoms with Crippen LogP contribution in [0.2, 0.25) is 0 Å². The Morgan fingerprint density at radius 2 is 2.05 bits per heavy atom. The second-order valence-electron chi connectivity index (χ2n) is 4.82. The normalized spacial score (nSPS) is 12.9. The summed E-state index contributed by atoms with van der Waals surface area (Å²) in [4.78, 5) is 2.65. The summed E-state index contributed by atoms with van der Waals surface area (Å²) in [7, 11) is 0. The molecule has 0 aliphatic carbocycles. The first-order valence-corrected chi connectivity index (χ1v) is 8.20. The van der Waals surface area contributed by atoms with Crippen molar-refractivity contribution >= 4 is 27.3 Å². The molecular formula is C15H20BrNOS. The van der Waals surface area contributed by atoms with Gasteiger partial charge in [-0.3, -0.25) is 0 Å². The highest BCUT2D eigenvalue weighted by atomic mass is 79.9. The third-order valence-corrected chi connectivity index (χ3v) is 5.12. The van der Waals surface area contributed by atoms with Crippen molar-refractivity contribution in [3.63, 3.8) is 0 Å². The number of halogens is 1. The molecule has 2 aromatic rings. The molecule has 1 N–H and O–H groups in total. The molecule has 104 valence electrons. The molecule has 0 saturated carbocycles. The lowest BCUT2D eigenvalue weighted by Gasteiger charge is -2.17. The maximum Gasteiger partial charge on any atom is 0.106 e. The molecule has 1 unspecified atom stereocenters. The van der Waals surface area contributed by atoms with Gasteiger partial charge in [-0.15, -0.1) is 11.3 Å². The predicted octanol–water partition coefficient (Wildman–Crippen LogP) is 5.12. The highest BCUT2D eigenvalue weighted by Gasteiger charge is 2.22. The van der Waals surface area contributed by atoms with Crippen molar-refractivity contribution in [1.29, 1.82) is 0 Å². The van der Waals surface area contributed by atoms with Gasteiger partial charge in [-0.2, -0.15) is 0 Å². The number of furan rings is 1. The van der Waals surface area contributed by atoms with E-state index in [0.29, 0.717) is 0 Å². The Kier molecular flexibility index (Phi) is 4.87. The summed E-state index contributed by atoms with van der Waals surface area (Å²) in [6, 6.07) is 4.54. The number of hydrogen-bond donors (Lipinski definition) is 1. The summed E-state index contributed by atoms with van der Waals surface area (Å²) in [5.74, 6) is 1.98. The molecule has 19 heavy (non-hydrogen) atoms. The molecule has 2 rings (SSSR count). The lowest BCUT2D eigenvalue weighted by Crippen LogP contribution is -2.22. The third kappa shape index (κ3) is 3.30. The van der Waals surface area contributed by atoms with Crippen LogP contribution in [0.3, 0.4) is 0 Å². The zero-order valence-corrected chi connectivity index (χ0v) is 14.2. The second kappa shape index (κ2) is 6.25. The molecule has 0 radical (unpaired) electrons. The number of aryl methyl sites for hydroxylation is 3. The van der Waals surface area contributed by atoms with Crippen LogP contribution in [0, 0.1) is 20.8 Å². The van der Waals surface area contributed by atoms with Gasteiger partial charge in [0.1, 0.15) is 11.5 Å². The quantitative estimate of drug-likeness (QED) is 0.816. The first kappa shape index (κ1) is 14.8. The second-order valence-corrected chi connectivity index (χ2v) is 6.97. The van der Waals surface area contributed by atoms with E-state index >= 15 is 0 Å². The molecule has 2 heterocycles. The fourth-order valence-electron chi connectivity index (χ4n) is 2.27. The largest absolute Gasteiger partial charge is 0.466 e. The highest BCUT2D eigenvalue weighted by Crippen LogP contribution is 2.37. The van der Waals surface area contributed by atoms with Crippen LogP contribution in [0.1, 0.15) is 46.2 Å². The van der Waals surface area contributed by atoms with Gasteiger partial charge in [-0.25, -0.2) is 0 Å². The SMILES string of the molecule is CCCNC(c1cc(C)oc1C)c1sc(C)cc1Br. The van der Waals surface area contributed by atoms with Gasteiger partial charge < -0.3 is 9.73 Å². The molecule has 2 aromatic heterocycles. The zero-order chi connectivity index (χ0) is 14.0. The van der Waals surface area contributed by atoms with Gasteiger partial charge in [-0.05, 0) is 61.8 Å². The molecule has 0 fully saturated rings. The number of thiophene rings is 1. The van der Waals surface area contributed by atoms with Crippen molar-refractivity contribution in [2.75, 3.05) is 6.54 Å². The van der Waals surface area contributed by atoms with Crippen LogP contribution in [-0.2, 0) is 0 Å². The fourth-order valence-corrected chi connectivity index (χ4v) is 4.24. The number of hydrogen-bond acceptors (Lipinski definition) is 3. The van der Waals surface area contributed by atoms with Gasteiger partial charge in [0, 0.05) is 19.8 Å². The van der Waals surface area contributed by atoms with E-state index in [9.17, 15) is 0 Å². The molecule has 0 aliphatic rings. The average molecular weight is 342 g/mol. The van der Waals surface area contributed by atoms with E-state index in [0.717, 1.165) is 24.5 Å². The Morgan fingerprint density at radius 3 is 2.53 bits per heavy atom. The monoisotopic (exact) mass is 341 g/mol. The van der Waals surface area contributed by atoms with Gasteiger partial charge >= 0.3 is 0 Å². The lowest BCUT2D eigenvalue weighted by molar-refractivity contribution is 0.494. The number of nitrogens with one attached hydrogen (secondary N) is 1. The molecule has 4 heteroatoms. The van der Waals surface area contributed by atoms with E-state index in [1.165, 1.54) is 19.8 Å². The van der Waals surface area contributed by atoms with Crippen LogP contribution >= 0.6 is 27.3 Å². The Hall–Kier alpha value is -0.580. The maximum absolute atomic E-state index is 5.69. The Bertz CT molecular complexity index is 512. The van der Waals surface area contributed by atoms with Crippen molar-refractivity contribution in [1.82, 2.24) is 5.32 Å². The Labute approximate surface area is 127 Å². The molecule has 0 amide bonds. The molecule has 2 nitrogen and oxygen atoms in total. The summed E-state index contributed by atoms with van der Waals surface area (Å²) in [6.07, 6.45) is 1.12. The zero-order valence-electron chi connectivity index (χ0n) is 11.8. The molecule has 0 saturated heterocycles. The standard InChI is InChI=1S/C15H20BrNOS/c1-5-6-17-14(12-7-9(2)18-11(12)4)15-13(16)8-10(3)19-15/h7-8,14,17H,5-6H2,1-4H3. The van der Waals surface area contributed by atoms with Crippen LogP contribution in [0.5, 0.6) is 0 Å². The van der Waals surface area contributed by atoms with Crippen molar-refractivity contribution in [3.8, 4) is 0 Å². The molecule has 1 atom stereocenters. The van der Waals surface area contributed by atoms with Crippen LogP contribution in [0.4, 0.5) is 0 Å². The van der Waals surface area contributed by atoms with Gasteiger partial charge in [0.15, 0.2) is 0 Å². The highest BCUT2D eigenvalue weighted by molar-refractivity contribution is 9.10. The van der Waals surface area contributed by atoms with E-state index in [4.69, 9.17) is 4.42 Å². The average Bonchev–Trinajstić information content (AvgIpc) is 2.83. The van der Waals surface area contributed by atoms with Gasteiger partial charge in [-0.1, -0.05) is 6.92 Å². The van der Waals surface area contributed by atoms with Gasteiger partial charge in [0.05, 0.1) is 6.04 Å². The van der Waals surface area contributed by atoms with Crippen LogP contribution in [0.25, 0.3) is 0 Å². The predicted molar refractivity (Wildman–Crippen MR) is 85.1 cm³/mol. The van der Waals surface area contributed by atoms with Gasteiger partial charge in [0.25, 0.3) is 0 Å². The Balaban J connectivity index is 2.41. The summed E-state index contributed by atoms with van der Waals surface area (Å²) in [5.41, 5.74) is 1.24. The van der Waals surface area contributed by atoms with Crippen molar-refractivity contribution < 1.29 is 4.42 Å². The van der Waals surface area contributed by atoms with Crippen molar-refractivity contribution in [3.05, 3.63) is 43.4 Å². The summed E-state index contributed by atoms with van der Waals surface area (Å²) < 4.78 is 6.88. The van der Waals surface area contributed by atoms with E-state index in [1.807, 2.05) is 25.2 Å². The first-order chi connectivity index (χ1) is 9.02. The van der Waals surface area contributed by atoms with Crippen molar-refractivity contribution in [2.24, 2.45) is 0 Å². The van der Waals surface area contributed by atoms with E-state index in [2.05, 4.69) is 47.2 Å². The molecule has 0 aliphatic heterocycles. The van der Waals surface area contributed by atoms with Crippen LogP contribution < -0.4 is 5.32 Å². The fraction of sp³-hybridized carbons (Fsp3) is 0.467. The molecular weight excluding hydrogens is 322 g/mol. The minimum atomic E-state index is 0.213. The Morgan fingerprint density at radius 1 is 1.32 bits per heavy atom. The van der Waals surface area contributed by atoms with Crippen LogP contribution in [-0.4, -0.2) is 6.54 Å². The van der Waals surface area contributed by atoms with Gasteiger partial charge in [0.2, 0.25) is 0 Å². The summed E-state index contributed by atoms with van der Waals surface area (Å²) in [6.45, 7) is 9.37. The molecule has 0 spiro atoms. The third-order valence-electron chi connectivity index (χ3n) is 3.09. The lowest BCUT2D eigenvalue weighted by atomic mass is 10.1. The van der Waals surface area contributed by atoms with E-state index < -0.39 is 0 Å². The molecule has 0 aromatic carbocycles. The van der Waals surface area contributed by atoms with Crippen LogP contribution in [0.15, 0.2) is 21.0 Å². The summed E-state index contributed by atoms with van der Waals surface area (Å²) >= 11 is 5.51. The number of rotatable bonds is 5. The minimum Gasteiger partial charge on any atom is -0.466 e. The topological polar surface area (TPSA) is 25.2 Å². The molecule has 0 bridgehead atoms.